The average molecular weight is 672 g/mol. The predicted octanol–water partition coefficient (Wildman–Crippen LogP) is 5.96. The highest BCUT2D eigenvalue weighted by Crippen LogP contribution is 2.32. The molecule has 4 rings (SSSR count). The molecule has 0 atom stereocenters. The minimum atomic E-state index is -0.540. The Hall–Kier alpha value is -5.13. The predicted molar refractivity (Wildman–Crippen MR) is 186 cm³/mol. The van der Waals surface area contributed by atoms with Crippen molar-refractivity contribution in [1.29, 1.82) is 0 Å². The van der Waals surface area contributed by atoms with Crippen molar-refractivity contribution in [1.82, 2.24) is 15.6 Å². The maximum atomic E-state index is 12.3. The molecule has 0 aliphatic heterocycles. The molecule has 2 N–H and O–H groups in total. The number of nitrogens with one attached hydrogen (secondary N) is 2. The van der Waals surface area contributed by atoms with Gasteiger partial charge in [0.1, 0.15) is 24.6 Å². The Morgan fingerprint density at radius 3 is 1.86 bits per heavy atom. The molecule has 260 valence electrons. The van der Waals surface area contributed by atoms with Crippen molar-refractivity contribution in [3.8, 4) is 28.6 Å². The van der Waals surface area contributed by atoms with Gasteiger partial charge in [-0.05, 0) is 55.7 Å². The second-order valence-electron chi connectivity index (χ2n) is 11.9. The first-order chi connectivity index (χ1) is 23.7. The third-order valence-electron chi connectivity index (χ3n) is 6.67. The maximum absolute atomic E-state index is 12.3. The lowest BCUT2D eigenvalue weighted by molar-refractivity contribution is -0.123. The second kappa shape index (κ2) is 19.6. The highest BCUT2D eigenvalue weighted by molar-refractivity contribution is 5.77. The Balaban J connectivity index is 1.17. The summed E-state index contributed by atoms with van der Waals surface area (Å²) in [5.74, 6) is 1.21. The Bertz CT molecular complexity index is 1560. The lowest BCUT2D eigenvalue weighted by Crippen LogP contribution is -2.34. The van der Waals surface area contributed by atoms with E-state index in [1.165, 1.54) is 0 Å². The summed E-state index contributed by atoms with van der Waals surface area (Å²) in [5, 5.41) is 5.39. The number of hydrogen-bond donors (Lipinski definition) is 2. The van der Waals surface area contributed by atoms with E-state index in [0.717, 1.165) is 22.3 Å². The molecule has 0 radical (unpaired) electrons. The van der Waals surface area contributed by atoms with Crippen LogP contribution in [0.4, 0.5) is 4.79 Å². The molecule has 0 bridgehead atoms. The third-order valence-corrected chi connectivity index (χ3v) is 6.67. The molecule has 0 saturated carbocycles. The minimum Gasteiger partial charge on any atom is -0.484 e. The molecular weight excluding hydrogens is 626 g/mol. The number of amides is 2. The largest absolute Gasteiger partial charge is 0.484 e. The van der Waals surface area contributed by atoms with Crippen LogP contribution >= 0.6 is 0 Å². The molecule has 49 heavy (non-hydrogen) atoms. The van der Waals surface area contributed by atoms with Crippen molar-refractivity contribution in [2.75, 3.05) is 46.1 Å². The first kappa shape index (κ1) is 36.7. The summed E-state index contributed by atoms with van der Waals surface area (Å²) in [5.41, 5.74) is 3.21. The number of pyridine rings is 1. The van der Waals surface area contributed by atoms with E-state index in [0.29, 0.717) is 70.2 Å². The van der Waals surface area contributed by atoms with E-state index < -0.39 is 11.7 Å². The molecule has 0 spiro atoms. The number of ether oxygens (including phenoxy) is 6. The quantitative estimate of drug-likeness (QED) is 0.116. The maximum Gasteiger partial charge on any atom is 0.407 e. The van der Waals surface area contributed by atoms with Crippen LogP contribution in [0.15, 0.2) is 97.1 Å². The molecular formula is C38H45N3O8. The number of rotatable bonds is 19. The van der Waals surface area contributed by atoms with E-state index in [2.05, 4.69) is 15.6 Å². The Labute approximate surface area is 287 Å². The number of nitrogens with zero attached hydrogens (tertiary/aromatic N) is 1. The first-order valence-corrected chi connectivity index (χ1v) is 16.2. The molecule has 4 aromatic rings. The van der Waals surface area contributed by atoms with Gasteiger partial charge in [-0.2, -0.15) is 4.98 Å². The molecule has 0 fully saturated rings. The molecule has 0 unspecified atom stereocenters. The molecule has 0 saturated heterocycles. The van der Waals surface area contributed by atoms with Crippen LogP contribution in [0, 0.1) is 0 Å². The van der Waals surface area contributed by atoms with Gasteiger partial charge in [-0.15, -0.1) is 0 Å². The molecule has 1 heterocycles. The summed E-state index contributed by atoms with van der Waals surface area (Å²) in [4.78, 5) is 28.5. The van der Waals surface area contributed by atoms with Crippen LogP contribution in [-0.4, -0.2) is 68.7 Å². The summed E-state index contributed by atoms with van der Waals surface area (Å²) in [7, 11) is 0. The van der Waals surface area contributed by atoms with Gasteiger partial charge in [0.05, 0.1) is 26.4 Å². The van der Waals surface area contributed by atoms with Gasteiger partial charge in [0.2, 0.25) is 11.8 Å². The number of aromatic nitrogens is 1. The van der Waals surface area contributed by atoms with Crippen molar-refractivity contribution in [2.24, 2.45) is 0 Å². The molecule has 2 amide bonds. The number of carbonyl (C=O) groups is 2. The van der Waals surface area contributed by atoms with Gasteiger partial charge in [0.15, 0.2) is 6.61 Å². The monoisotopic (exact) mass is 671 g/mol. The Morgan fingerprint density at radius 1 is 0.653 bits per heavy atom. The van der Waals surface area contributed by atoms with E-state index in [-0.39, 0.29) is 12.5 Å². The third kappa shape index (κ3) is 14.3. The molecule has 0 aliphatic rings. The molecule has 3 aromatic carbocycles. The van der Waals surface area contributed by atoms with Crippen LogP contribution in [0.1, 0.15) is 31.9 Å². The van der Waals surface area contributed by atoms with Crippen LogP contribution in [0.25, 0.3) is 11.1 Å². The van der Waals surface area contributed by atoms with Crippen LogP contribution in [0.5, 0.6) is 17.5 Å². The molecule has 1 aromatic heterocycles. The fraction of sp³-hybridized carbons (Fsp3) is 0.342. The zero-order valence-electron chi connectivity index (χ0n) is 28.3. The molecule has 11 heteroatoms. The van der Waals surface area contributed by atoms with Gasteiger partial charge < -0.3 is 39.1 Å². The van der Waals surface area contributed by atoms with Crippen molar-refractivity contribution in [3.63, 3.8) is 0 Å². The van der Waals surface area contributed by atoms with Crippen LogP contribution in [-0.2, 0) is 32.2 Å². The van der Waals surface area contributed by atoms with Crippen molar-refractivity contribution in [3.05, 3.63) is 108 Å². The number of alkyl carbamates (subject to hydrolysis) is 1. The summed E-state index contributed by atoms with van der Waals surface area (Å²) >= 11 is 0. The fourth-order valence-electron chi connectivity index (χ4n) is 4.35. The highest BCUT2D eigenvalue weighted by atomic mass is 16.6. The summed E-state index contributed by atoms with van der Waals surface area (Å²) in [6.45, 7) is 8.11. The summed E-state index contributed by atoms with van der Waals surface area (Å²) in [6, 6.07) is 30.9. The van der Waals surface area contributed by atoms with Gasteiger partial charge in [-0.25, -0.2) is 4.79 Å². The van der Waals surface area contributed by atoms with Crippen molar-refractivity contribution >= 4 is 12.0 Å². The van der Waals surface area contributed by atoms with Gasteiger partial charge in [0.25, 0.3) is 5.91 Å². The topological polar surface area (TPSA) is 126 Å². The van der Waals surface area contributed by atoms with E-state index in [1.807, 2.05) is 84.9 Å². The number of carbonyl (C=O) groups excluding carboxylic acids is 2. The van der Waals surface area contributed by atoms with Crippen molar-refractivity contribution < 1.29 is 38.0 Å². The zero-order chi connectivity index (χ0) is 34.7. The van der Waals surface area contributed by atoms with Gasteiger partial charge in [0, 0.05) is 24.7 Å². The molecule has 0 aliphatic carbocycles. The number of benzene rings is 3. The van der Waals surface area contributed by atoms with E-state index in [4.69, 9.17) is 28.4 Å². The van der Waals surface area contributed by atoms with Gasteiger partial charge in [-0.3, -0.25) is 4.79 Å². The standard InChI is InChI=1S/C38H45N3O8/c1-38(2,3)49-37(43)40-21-23-45-25-24-44-22-20-39-34(42)28-46-32-16-14-31(15-17-32)33-18-19-35(47-26-29-10-6-4-7-11-29)41-36(33)48-27-30-12-8-5-9-13-30/h4-19H,20-28H2,1-3H3,(H,39,42)(H,40,43). The van der Waals surface area contributed by atoms with Gasteiger partial charge in [-0.1, -0.05) is 72.8 Å². The van der Waals surface area contributed by atoms with Crippen LogP contribution < -0.4 is 24.8 Å². The van der Waals surface area contributed by atoms with E-state index in [1.54, 1.807) is 32.9 Å². The number of hydrogen-bond acceptors (Lipinski definition) is 9. The van der Waals surface area contributed by atoms with E-state index in [9.17, 15) is 9.59 Å². The summed E-state index contributed by atoms with van der Waals surface area (Å²) < 4.78 is 33.9. The highest BCUT2D eigenvalue weighted by Gasteiger charge is 2.15. The fourth-order valence-corrected chi connectivity index (χ4v) is 4.35. The van der Waals surface area contributed by atoms with E-state index >= 15 is 0 Å². The second-order valence-corrected chi connectivity index (χ2v) is 11.9. The van der Waals surface area contributed by atoms with Gasteiger partial charge >= 0.3 is 6.09 Å². The minimum absolute atomic E-state index is 0.131. The average Bonchev–Trinajstić information content (AvgIpc) is 3.10. The Kier molecular flexibility index (Phi) is 14.7. The summed E-state index contributed by atoms with van der Waals surface area (Å²) in [6.07, 6.45) is -0.479. The lowest BCUT2D eigenvalue weighted by atomic mass is 10.1. The Morgan fingerprint density at radius 2 is 1.24 bits per heavy atom. The van der Waals surface area contributed by atoms with Crippen LogP contribution in [0.3, 0.4) is 0 Å². The van der Waals surface area contributed by atoms with Crippen molar-refractivity contribution in [2.45, 2.75) is 39.6 Å². The molecule has 11 nitrogen and oxygen atoms in total. The first-order valence-electron chi connectivity index (χ1n) is 16.2. The normalized spacial score (nSPS) is 11.0. The SMILES string of the molecule is CC(C)(C)OC(=O)NCCOCCOCCNC(=O)COc1ccc(-c2ccc(OCc3ccccc3)nc2OCc2ccccc2)cc1. The zero-order valence-corrected chi connectivity index (χ0v) is 28.3. The smallest absolute Gasteiger partial charge is 0.407 e. The van der Waals surface area contributed by atoms with Crippen LogP contribution in [0.2, 0.25) is 0 Å². The lowest BCUT2D eigenvalue weighted by Gasteiger charge is -2.19.